The highest BCUT2D eigenvalue weighted by Gasteiger charge is 2.15. The lowest BCUT2D eigenvalue weighted by Crippen LogP contribution is -2.37. The fraction of sp³-hybridized carbons (Fsp3) is 0.571. The summed E-state index contributed by atoms with van der Waals surface area (Å²) in [5.41, 5.74) is 2.14. The van der Waals surface area contributed by atoms with Crippen LogP contribution < -0.4 is 4.90 Å². The van der Waals surface area contributed by atoms with Gasteiger partial charge in [0.1, 0.15) is 0 Å². The molecule has 1 atom stereocenters. The Kier molecular flexibility index (Phi) is 5.07. The van der Waals surface area contributed by atoms with Crippen molar-refractivity contribution in [3.63, 3.8) is 0 Å². The molecule has 1 aliphatic heterocycles. The second-order valence-electron chi connectivity index (χ2n) is 4.72. The van der Waals surface area contributed by atoms with Gasteiger partial charge in [-0.15, -0.1) is 0 Å². The summed E-state index contributed by atoms with van der Waals surface area (Å²) in [6.07, 6.45) is 4.17. The second kappa shape index (κ2) is 6.80. The topological polar surface area (TPSA) is 42.4 Å². The van der Waals surface area contributed by atoms with Crippen LogP contribution in [0.4, 0.5) is 5.69 Å². The normalized spacial score (nSPS) is 15.8. The van der Waals surface area contributed by atoms with Crippen LogP contribution in [0.3, 0.4) is 0 Å². The minimum absolute atomic E-state index is 0.0404. The van der Waals surface area contributed by atoms with Crippen molar-refractivity contribution >= 4 is 24.3 Å². The molecule has 0 aliphatic carbocycles. The second-order valence-corrected chi connectivity index (χ2v) is 5.45. The van der Waals surface area contributed by atoms with Crippen LogP contribution in [-0.4, -0.2) is 35.9 Å². The Morgan fingerprint density at radius 2 is 2.32 bits per heavy atom. The third kappa shape index (κ3) is 4.13. The molecule has 1 aromatic heterocycles. The molecule has 1 aromatic rings. The number of pyridine rings is 1. The van der Waals surface area contributed by atoms with Crippen molar-refractivity contribution in [2.24, 2.45) is 0 Å². The number of thiol groups is 1. The van der Waals surface area contributed by atoms with E-state index in [4.69, 9.17) is 4.74 Å². The zero-order valence-electron chi connectivity index (χ0n) is 11.2. The van der Waals surface area contributed by atoms with Crippen LogP contribution in [0.2, 0.25) is 0 Å². The Bertz CT molecular complexity index is 418. The molecular formula is C14H20N2O2S. The molecule has 1 aliphatic rings. The van der Waals surface area contributed by atoms with E-state index in [-0.39, 0.29) is 11.2 Å². The molecule has 0 amide bonds. The number of hydrogen-bond donors (Lipinski definition) is 1. The van der Waals surface area contributed by atoms with Crippen LogP contribution in [0.15, 0.2) is 18.3 Å². The quantitative estimate of drug-likeness (QED) is 0.640. The molecule has 104 valence electrons. The van der Waals surface area contributed by atoms with Crippen LogP contribution in [0.25, 0.3) is 0 Å². The molecule has 0 aromatic carbocycles. The standard InChI is InChI=1S/C14H20N2O2S/c1-2-18-14(17)9-13(19)8-11-4-5-12(10-15-11)16-6-3-7-16/h4-5,10,13,19H,2-3,6-9H2,1H3. The van der Waals surface area contributed by atoms with Crippen LogP contribution in [-0.2, 0) is 16.0 Å². The molecule has 0 spiro atoms. The van der Waals surface area contributed by atoms with E-state index in [1.54, 1.807) is 0 Å². The summed E-state index contributed by atoms with van der Waals surface area (Å²) in [5.74, 6) is -0.195. The zero-order chi connectivity index (χ0) is 13.7. The summed E-state index contributed by atoms with van der Waals surface area (Å²) >= 11 is 4.42. The molecule has 2 rings (SSSR count). The highest BCUT2D eigenvalue weighted by Crippen LogP contribution is 2.20. The van der Waals surface area contributed by atoms with Crippen molar-refractivity contribution in [1.29, 1.82) is 0 Å². The summed E-state index contributed by atoms with van der Waals surface area (Å²) in [6, 6.07) is 4.11. The number of rotatable bonds is 6. The zero-order valence-corrected chi connectivity index (χ0v) is 12.1. The number of nitrogens with zero attached hydrogens (tertiary/aromatic N) is 2. The predicted molar refractivity (Wildman–Crippen MR) is 78.8 cm³/mol. The van der Waals surface area contributed by atoms with Crippen LogP contribution in [0.1, 0.15) is 25.5 Å². The molecule has 0 radical (unpaired) electrons. The Hall–Kier alpha value is -1.23. The van der Waals surface area contributed by atoms with Gasteiger partial charge in [0.05, 0.1) is 24.9 Å². The summed E-state index contributed by atoms with van der Waals surface area (Å²) in [7, 11) is 0. The lowest BCUT2D eigenvalue weighted by Gasteiger charge is -2.32. The smallest absolute Gasteiger partial charge is 0.306 e. The van der Waals surface area contributed by atoms with E-state index in [1.165, 1.54) is 12.1 Å². The molecule has 0 N–H and O–H groups in total. The van der Waals surface area contributed by atoms with E-state index in [0.29, 0.717) is 19.4 Å². The van der Waals surface area contributed by atoms with E-state index in [2.05, 4.69) is 28.6 Å². The number of carbonyl (C=O) groups excluding carboxylic acids is 1. The van der Waals surface area contributed by atoms with Crippen LogP contribution in [0, 0.1) is 0 Å². The maximum atomic E-state index is 11.3. The first-order chi connectivity index (χ1) is 9.19. The van der Waals surface area contributed by atoms with Crippen molar-refractivity contribution in [1.82, 2.24) is 4.98 Å². The third-order valence-corrected chi connectivity index (χ3v) is 3.55. The molecule has 2 heterocycles. The largest absolute Gasteiger partial charge is 0.466 e. The summed E-state index contributed by atoms with van der Waals surface area (Å²) in [4.78, 5) is 18.1. The first-order valence-corrected chi connectivity index (χ1v) is 7.24. The van der Waals surface area contributed by atoms with Crippen molar-refractivity contribution in [3.05, 3.63) is 24.0 Å². The highest BCUT2D eigenvalue weighted by atomic mass is 32.1. The van der Waals surface area contributed by atoms with Crippen molar-refractivity contribution < 1.29 is 9.53 Å². The van der Waals surface area contributed by atoms with Gasteiger partial charge in [-0.05, 0) is 25.5 Å². The summed E-state index contributed by atoms with van der Waals surface area (Å²) < 4.78 is 4.91. The lowest BCUT2D eigenvalue weighted by atomic mass is 10.1. The van der Waals surface area contributed by atoms with E-state index < -0.39 is 0 Å². The van der Waals surface area contributed by atoms with E-state index in [0.717, 1.165) is 18.8 Å². The molecule has 0 bridgehead atoms. The monoisotopic (exact) mass is 280 g/mol. The van der Waals surface area contributed by atoms with Crippen molar-refractivity contribution in [3.8, 4) is 0 Å². The maximum absolute atomic E-state index is 11.3. The van der Waals surface area contributed by atoms with Gasteiger partial charge >= 0.3 is 5.97 Å². The van der Waals surface area contributed by atoms with Gasteiger partial charge in [0.15, 0.2) is 0 Å². The molecule has 1 saturated heterocycles. The minimum Gasteiger partial charge on any atom is -0.466 e. The summed E-state index contributed by atoms with van der Waals surface area (Å²) in [5, 5.41) is -0.0404. The van der Waals surface area contributed by atoms with Gasteiger partial charge < -0.3 is 9.64 Å². The number of aromatic nitrogens is 1. The molecular weight excluding hydrogens is 260 g/mol. The molecule has 1 fully saturated rings. The van der Waals surface area contributed by atoms with Gasteiger partial charge in [0, 0.05) is 30.5 Å². The third-order valence-electron chi connectivity index (χ3n) is 3.18. The molecule has 0 saturated carbocycles. The predicted octanol–water partition coefficient (Wildman–Crippen LogP) is 2.09. The Balaban J connectivity index is 1.83. The van der Waals surface area contributed by atoms with Gasteiger partial charge in [-0.3, -0.25) is 9.78 Å². The minimum atomic E-state index is -0.195. The molecule has 4 nitrogen and oxygen atoms in total. The fourth-order valence-electron chi connectivity index (χ4n) is 2.02. The maximum Gasteiger partial charge on any atom is 0.306 e. The number of hydrogen-bond acceptors (Lipinski definition) is 5. The van der Waals surface area contributed by atoms with Gasteiger partial charge in [0.25, 0.3) is 0 Å². The summed E-state index contributed by atoms with van der Waals surface area (Å²) in [6.45, 7) is 4.47. The fourth-order valence-corrected chi connectivity index (χ4v) is 2.36. The van der Waals surface area contributed by atoms with E-state index in [9.17, 15) is 4.79 Å². The average Bonchev–Trinajstić information content (AvgIpc) is 2.29. The Morgan fingerprint density at radius 1 is 1.53 bits per heavy atom. The molecule has 5 heteroatoms. The average molecular weight is 280 g/mol. The Morgan fingerprint density at radius 3 is 2.84 bits per heavy atom. The number of carbonyl (C=O) groups is 1. The molecule has 1 unspecified atom stereocenters. The SMILES string of the molecule is CCOC(=O)CC(S)Cc1ccc(N2CCC2)cn1. The van der Waals surface area contributed by atoms with Gasteiger partial charge in [0.2, 0.25) is 0 Å². The van der Waals surface area contributed by atoms with Gasteiger partial charge in [-0.2, -0.15) is 12.6 Å². The number of ether oxygens (including phenoxy) is 1. The first kappa shape index (κ1) is 14.2. The van der Waals surface area contributed by atoms with E-state index >= 15 is 0 Å². The highest BCUT2D eigenvalue weighted by molar-refractivity contribution is 7.81. The lowest BCUT2D eigenvalue weighted by molar-refractivity contribution is -0.143. The van der Waals surface area contributed by atoms with Gasteiger partial charge in [-0.25, -0.2) is 0 Å². The molecule has 19 heavy (non-hydrogen) atoms. The van der Waals surface area contributed by atoms with E-state index in [1.807, 2.05) is 19.2 Å². The number of esters is 1. The van der Waals surface area contributed by atoms with Crippen LogP contribution in [0.5, 0.6) is 0 Å². The van der Waals surface area contributed by atoms with Crippen LogP contribution >= 0.6 is 12.6 Å². The van der Waals surface area contributed by atoms with Crippen molar-refractivity contribution in [2.45, 2.75) is 31.4 Å². The first-order valence-electron chi connectivity index (χ1n) is 6.72. The Labute approximate surface area is 119 Å². The van der Waals surface area contributed by atoms with Gasteiger partial charge in [-0.1, -0.05) is 0 Å². The van der Waals surface area contributed by atoms with Crippen molar-refractivity contribution in [2.75, 3.05) is 24.6 Å². The number of anilines is 1.